The van der Waals surface area contributed by atoms with Crippen molar-refractivity contribution in [3.8, 4) is 5.75 Å². The zero-order valence-electron chi connectivity index (χ0n) is 11.4. The Morgan fingerprint density at radius 3 is 2.67 bits per heavy atom. The number of nitrogens with one attached hydrogen (secondary N) is 1. The molecular weight excluding hydrogens is 287 g/mol. The van der Waals surface area contributed by atoms with Crippen LogP contribution in [0.5, 0.6) is 5.75 Å². The maximum Gasteiger partial charge on any atom is 0.387 e. The summed E-state index contributed by atoms with van der Waals surface area (Å²) in [6.45, 7) is 0.715. The molecule has 114 valence electrons. The van der Waals surface area contributed by atoms with Crippen LogP contribution < -0.4 is 15.8 Å². The molecule has 0 amide bonds. The van der Waals surface area contributed by atoms with Crippen molar-refractivity contribution in [3.63, 3.8) is 0 Å². The Morgan fingerprint density at radius 2 is 2.10 bits per heavy atom. The quantitative estimate of drug-likeness (QED) is 0.829. The average Bonchev–Trinajstić information content (AvgIpc) is 2.71. The largest absolute Gasteiger partial charge is 0.432 e. The van der Waals surface area contributed by atoms with Gasteiger partial charge < -0.3 is 20.3 Å². The van der Waals surface area contributed by atoms with Gasteiger partial charge in [-0.05, 0) is 13.8 Å². The number of halogens is 3. The van der Waals surface area contributed by atoms with Gasteiger partial charge in [0.1, 0.15) is 5.76 Å². The minimum Gasteiger partial charge on any atom is -0.432 e. The van der Waals surface area contributed by atoms with Gasteiger partial charge in [0.15, 0.2) is 11.6 Å². The molecule has 1 heterocycles. The van der Waals surface area contributed by atoms with Crippen LogP contribution in [0, 0.1) is 19.7 Å². The SMILES string of the molecule is Cc1noc(C)c1CNc1cc(OC(F)F)c(F)cc1N. The molecule has 0 atom stereocenters. The van der Waals surface area contributed by atoms with Crippen molar-refractivity contribution < 1.29 is 22.4 Å². The lowest BCUT2D eigenvalue weighted by Crippen LogP contribution is -2.08. The summed E-state index contributed by atoms with van der Waals surface area (Å²) in [5.41, 5.74) is 7.53. The van der Waals surface area contributed by atoms with Crippen LogP contribution in [-0.2, 0) is 6.54 Å². The number of ether oxygens (including phenoxy) is 1. The first kappa shape index (κ1) is 15.0. The van der Waals surface area contributed by atoms with E-state index in [1.807, 2.05) is 0 Å². The van der Waals surface area contributed by atoms with Crippen LogP contribution in [0.1, 0.15) is 17.0 Å². The highest BCUT2D eigenvalue weighted by molar-refractivity contribution is 5.68. The average molecular weight is 301 g/mol. The normalized spacial score (nSPS) is 11.0. The first-order valence-corrected chi connectivity index (χ1v) is 6.08. The zero-order chi connectivity index (χ0) is 15.6. The highest BCUT2D eigenvalue weighted by atomic mass is 19.3. The topological polar surface area (TPSA) is 73.3 Å². The molecule has 0 aliphatic carbocycles. The summed E-state index contributed by atoms with van der Waals surface area (Å²) in [4.78, 5) is 0. The fourth-order valence-electron chi connectivity index (χ4n) is 1.85. The number of rotatable bonds is 5. The Balaban J connectivity index is 2.20. The van der Waals surface area contributed by atoms with Gasteiger partial charge in [0.2, 0.25) is 0 Å². The number of hydrogen-bond acceptors (Lipinski definition) is 5. The standard InChI is InChI=1S/C13H14F3N3O2/c1-6-8(7(2)21-19-6)5-18-11-4-12(20-13(15)16)9(14)3-10(11)17/h3-4,13,18H,5,17H2,1-2H3. The second-order valence-corrected chi connectivity index (χ2v) is 4.40. The van der Waals surface area contributed by atoms with Gasteiger partial charge in [0, 0.05) is 24.2 Å². The highest BCUT2D eigenvalue weighted by Gasteiger charge is 2.14. The van der Waals surface area contributed by atoms with Crippen molar-refractivity contribution in [2.24, 2.45) is 0 Å². The number of nitrogens with two attached hydrogens (primary N) is 1. The number of anilines is 2. The molecule has 3 N–H and O–H groups in total. The molecule has 8 heteroatoms. The van der Waals surface area contributed by atoms with Crippen molar-refractivity contribution in [2.45, 2.75) is 27.0 Å². The number of aromatic nitrogens is 1. The van der Waals surface area contributed by atoms with Gasteiger partial charge in [-0.15, -0.1) is 0 Å². The molecule has 21 heavy (non-hydrogen) atoms. The van der Waals surface area contributed by atoms with E-state index < -0.39 is 18.2 Å². The second kappa shape index (κ2) is 5.94. The maximum absolute atomic E-state index is 13.4. The van der Waals surface area contributed by atoms with Crippen LogP contribution in [0.3, 0.4) is 0 Å². The fourth-order valence-corrected chi connectivity index (χ4v) is 1.85. The first-order valence-electron chi connectivity index (χ1n) is 6.08. The third kappa shape index (κ3) is 3.39. The van der Waals surface area contributed by atoms with E-state index >= 15 is 0 Å². The summed E-state index contributed by atoms with van der Waals surface area (Å²) in [6.07, 6.45) is 0. The summed E-state index contributed by atoms with van der Waals surface area (Å²) in [7, 11) is 0. The Hall–Kier alpha value is -2.38. The predicted molar refractivity (Wildman–Crippen MR) is 70.7 cm³/mol. The Morgan fingerprint density at radius 1 is 1.38 bits per heavy atom. The summed E-state index contributed by atoms with van der Waals surface area (Å²) < 4.78 is 46.9. The minimum absolute atomic E-state index is 0.0841. The van der Waals surface area contributed by atoms with Crippen molar-refractivity contribution >= 4 is 11.4 Å². The van der Waals surface area contributed by atoms with Crippen molar-refractivity contribution in [1.29, 1.82) is 0 Å². The van der Waals surface area contributed by atoms with Crippen molar-refractivity contribution in [2.75, 3.05) is 11.1 Å². The Labute approximate surface area is 118 Å². The van der Waals surface area contributed by atoms with Crippen LogP contribution in [0.4, 0.5) is 24.5 Å². The summed E-state index contributed by atoms with van der Waals surface area (Å²) in [5, 5.41) is 6.71. The summed E-state index contributed by atoms with van der Waals surface area (Å²) >= 11 is 0. The third-order valence-corrected chi connectivity index (χ3v) is 2.96. The summed E-state index contributed by atoms with van der Waals surface area (Å²) in [6, 6.07) is 2.02. The molecule has 0 aliphatic heterocycles. The van der Waals surface area contributed by atoms with Gasteiger partial charge in [-0.3, -0.25) is 0 Å². The van der Waals surface area contributed by atoms with Crippen LogP contribution in [0.25, 0.3) is 0 Å². The smallest absolute Gasteiger partial charge is 0.387 e. The van der Waals surface area contributed by atoms with Gasteiger partial charge in [0.05, 0.1) is 17.1 Å². The van der Waals surface area contributed by atoms with Gasteiger partial charge in [-0.1, -0.05) is 5.16 Å². The zero-order valence-corrected chi connectivity index (χ0v) is 11.4. The number of aryl methyl sites for hydroxylation is 2. The molecule has 1 aromatic carbocycles. The van der Waals surface area contributed by atoms with E-state index in [0.717, 1.165) is 17.7 Å². The predicted octanol–water partition coefficient (Wildman–Crippen LogP) is 3.23. The van der Waals surface area contributed by atoms with Crippen molar-refractivity contribution in [1.82, 2.24) is 5.16 Å². The fraction of sp³-hybridized carbons (Fsp3) is 0.308. The molecule has 5 nitrogen and oxygen atoms in total. The minimum atomic E-state index is -3.11. The molecular formula is C13H14F3N3O2. The van der Waals surface area contributed by atoms with E-state index in [0.29, 0.717) is 18.0 Å². The Bertz CT molecular complexity index is 624. The molecule has 0 unspecified atom stereocenters. The second-order valence-electron chi connectivity index (χ2n) is 4.40. The van der Waals surface area contributed by atoms with E-state index in [1.165, 1.54) is 0 Å². The molecule has 0 saturated carbocycles. The number of alkyl halides is 2. The van der Waals surface area contributed by atoms with Gasteiger partial charge in [0.25, 0.3) is 0 Å². The Kier molecular flexibility index (Phi) is 4.25. The molecule has 2 aromatic rings. The molecule has 0 fully saturated rings. The van der Waals surface area contributed by atoms with Gasteiger partial charge >= 0.3 is 6.61 Å². The number of nitrogens with zero attached hydrogens (tertiary/aromatic N) is 1. The van der Waals surface area contributed by atoms with Crippen molar-refractivity contribution in [3.05, 3.63) is 35.0 Å². The van der Waals surface area contributed by atoms with E-state index in [9.17, 15) is 13.2 Å². The van der Waals surface area contributed by atoms with Crippen LogP contribution in [0.2, 0.25) is 0 Å². The molecule has 0 bridgehead atoms. The van der Waals surface area contributed by atoms with E-state index in [2.05, 4.69) is 15.2 Å². The first-order chi connectivity index (χ1) is 9.88. The molecule has 0 spiro atoms. The molecule has 0 saturated heterocycles. The van der Waals surface area contributed by atoms with E-state index in [4.69, 9.17) is 10.3 Å². The van der Waals surface area contributed by atoms with E-state index in [-0.39, 0.29) is 11.4 Å². The van der Waals surface area contributed by atoms with Crippen LogP contribution >= 0.6 is 0 Å². The van der Waals surface area contributed by atoms with Gasteiger partial charge in [-0.2, -0.15) is 8.78 Å². The number of hydrogen-bond donors (Lipinski definition) is 2. The highest BCUT2D eigenvalue weighted by Crippen LogP contribution is 2.30. The molecule has 0 radical (unpaired) electrons. The number of benzene rings is 1. The monoisotopic (exact) mass is 301 g/mol. The lowest BCUT2D eigenvalue weighted by atomic mass is 10.2. The molecule has 1 aromatic heterocycles. The summed E-state index contributed by atoms with van der Waals surface area (Å²) in [5.74, 6) is -0.888. The lowest BCUT2D eigenvalue weighted by Gasteiger charge is -2.12. The molecule has 0 aliphatic rings. The van der Waals surface area contributed by atoms with E-state index in [1.54, 1.807) is 13.8 Å². The molecule has 2 rings (SSSR count). The van der Waals surface area contributed by atoms with Gasteiger partial charge in [-0.25, -0.2) is 4.39 Å². The van der Waals surface area contributed by atoms with Crippen LogP contribution in [0.15, 0.2) is 16.7 Å². The third-order valence-electron chi connectivity index (χ3n) is 2.96. The maximum atomic E-state index is 13.4. The van der Waals surface area contributed by atoms with Crippen LogP contribution in [-0.4, -0.2) is 11.8 Å². The lowest BCUT2D eigenvalue weighted by molar-refractivity contribution is -0.0521. The number of nitrogen functional groups attached to an aromatic ring is 1.